The van der Waals surface area contributed by atoms with E-state index in [9.17, 15) is 29.4 Å². The minimum atomic E-state index is -1.14. The maximum atomic E-state index is 13.3. The Morgan fingerprint density at radius 2 is 1.77 bits per heavy atom. The lowest BCUT2D eigenvalue weighted by atomic mass is 10.0. The van der Waals surface area contributed by atoms with Gasteiger partial charge in [0, 0.05) is 13.0 Å². The molecule has 3 amide bonds. The lowest BCUT2D eigenvalue weighted by Gasteiger charge is -2.29. The predicted molar refractivity (Wildman–Crippen MR) is 129 cm³/mol. The number of rotatable bonds is 10. The van der Waals surface area contributed by atoms with Crippen molar-refractivity contribution in [1.82, 2.24) is 20.9 Å². The molecule has 2 saturated heterocycles. The lowest BCUT2D eigenvalue weighted by molar-refractivity contribution is -0.143. The van der Waals surface area contributed by atoms with Gasteiger partial charge in [0.15, 0.2) is 0 Å². The van der Waals surface area contributed by atoms with Crippen LogP contribution in [0.1, 0.15) is 51.5 Å². The summed E-state index contributed by atoms with van der Waals surface area (Å²) in [6.45, 7) is 4.99. The van der Waals surface area contributed by atoms with Gasteiger partial charge in [0.1, 0.15) is 23.9 Å². The maximum Gasteiger partial charge on any atom is 0.326 e. The van der Waals surface area contributed by atoms with E-state index in [-0.39, 0.29) is 36.5 Å². The van der Waals surface area contributed by atoms with Crippen molar-refractivity contribution in [3.05, 3.63) is 29.8 Å². The average Bonchev–Trinajstić information content (AvgIpc) is 3.51. The lowest BCUT2D eigenvalue weighted by Crippen LogP contribution is -2.57. The molecule has 5 N–H and O–H groups in total. The number of aliphatic carboxylic acids is 1. The second kappa shape index (κ2) is 12.0. The van der Waals surface area contributed by atoms with E-state index in [0.717, 1.165) is 19.4 Å². The van der Waals surface area contributed by atoms with Crippen molar-refractivity contribution in [2.45, 2.75) is 76.5 Å². The van der Waals surface area contributed by atoms with Gasteiger partial charge >= 0.3 is 5.97 Å². The van der Waals surface area contributed by atoms with Crippen molar-refractivity contribution in [1.29, 1.82) is 0 Å². The molecule has 192 valence electrons. The Bertz CT molecular complexity index is 913. The van der Waals surface area contributed by atoms with E-state index in [1.165, 1.54) is 12.1 Å². The molecule has 2 heterocycles. The maximum absolute atomic E-state index is 13.3. The molecular weight excluding hydrogens is 452 g/mol. The molecule has 4 atom stereocenters. The number of phenolic OH excluding ortho intramolecular Hbond substituents is 1. The fraction of sp³-hybridized carbons (Fsp3) is 0.600. The van der Waals surface area contributed by atoms with E-state index in [1.807, 2.05) is 13.8 Å². The third kappa shape index (κ3) is 7.17. The number of carbonyl (C=O) groups excluding carboxylic acids is 3. The minimum absolute atomic E-state index is 0.0452. The second-order valence-electron chi connectivity index (χ2n) is 9.80. The number of amides is 3. The zero-order chi connectivity index (χ0) is 25.5. The van der Waals surface area contributed by atoms with Crippen molar-refractivity contribution in [3.8, 4) is 5.75 Å². The topological polar surface area (TPSA) is 148 Å². The Hall–Kier alpha value is -3.14. The van der Waals surface area contributed by atoms with Crippen LogP contribution in [0.5, 0.6) is 5.75 Å². The van der Waals surface area contributed by atoms with E-state index >= 15 is 0 Å². The van der Waals surface area contributed by atoms with E-state index in [2.05, 4.69) is 16.0 Å². The van der Waals surface area contributed by atoms with Crippen molar-refractivity contribution < 1.29 is 29.4 Å². The second-order valence-corrected chi connectivity index (χ2v) is 9.80. The Morgan fingerprint density at radius 1 is 1.06 bits per heavy atom. The van der Waals surface area contributed by atoms with Crippen LogP contribution in [0.3, 0.4) is 0 Å². The number of aromatic hydroxyl groups is 1. The monoisotopic (exact) mass is 488 g/mol. The van der Waals surface area contributed by atoms with Gasteiger partial charge in [-0.25, -0.2) is 4.79 Å². The van der Waals surface area contributed by atoms with Gasteiger partial charge in [-0.1, -0.05) is 26.0 Å². The summed E-state index contributed by atoms with van der Waals surface area (Å²) in [5.74, 6) is -2.15. The number of carboxylic acids is 1. The number of nitrogens with one attached hydrogen (secondary N) is 3. The van der Waals surface area contributed by atoms with Crippen LogP contribution in [0.4, 0.5) is 0 Å². The van der Waals surface area contributed by atoms with Crippen molar-refractivity contribution >= 4 is 23.7 Å². The van der Waals surface area contributed by atoms with Crippen LogP contribution < -0.4 is 16.0 Å². The van der Waals surface area contributed by atoms with E-state index in [1.54, 1.807) is 17.0 Å². The van der Waals surface area contributed by atoms with Gasteiger partial charge in [-0.3, -0.25) is 14.4 Å². The van der Waals surface area contributed by atoms with Crippen molar-refractivity contribution in [2.75, 3.05) is 13.1 Å². The standard InChI is InChI=1S/C25H36N4O6/c1-15(2)13-20(25(34)35)28-22(31)19(14-16-7-9-17(30)10-8-16)27-23(32)21-6-4-12-29(21)24(33)18-5-3-11-26-18/h7-10,15,18-21,26,30H,3-6,11-14H2,1-2H3,(H,27,32)(H,28,31)(H,34,35)/t18-,19-,20-,21-/m0/s1. The number of hydrogen-bond donors (Lipinski definition) is 5. The van der Waals surface area contributed by atoms with Gasteiger partial charge in [0.25, 0.3) is 0 Å². The molecule has 2 aliphatic rings. The Balaban J connectivity index is 1.75. The molecule has 0 spiro atoms. The van der Waals surface area contributed by atoms with Crippen LogP contribution in [0.25, 0.3) is 0 Å². The van der Waals surface area contributed by atoms with E-state index < -0.39 is 35.9 Å². The largest absolute Gasteiger partial charge is 0.508 e. The van der Waals surface area contributed by atoms with Crippen LogP contribution in [-0.2, 0) is 25.6 Å². The number of benzene rings is 1. The summed E-state index contributed by atoms with van der Waals surface area (Å²) in [5.41, 5.74) is 0.688. The van der Waals surface area contributed by atoms with Gasteiger partial charge in [-0.05, 0) is 62.3 Å². The number of hydrogen-bond acceptors (Lipinski definition) is 6. The molecule has 3 rings (SSSR count). The smallest absolute Gasteiger partial charge is 0.326 e. The summed E-state index contributed by atoms with van der Waals surface area (Å²) in [6.07, 6.45) is 3.21. The van der Waals surface area contributed by atoms with Gasteiger partial charge in [0.2, 0.25) is 17.7 Å². The van der Waals surface area contributed by atoms with Gasteiger partial charge in [-0.15, -0.1) is 0 Å². The number of carbonyl (C=O) groups is 4. The molecule has 1 aromatic rings. The first-order valence-corrected chi connectivity index (χ1v) is 12.3. The fourth-order valence-corrected chi connectivity index (χ4v) is 4.71. The first-order valence-electron chi connectivity index (χ1n) is 12.3. The quantitative estimate of drug-likeness (QED) is 0.327. The summed E-state index contributed by atoms with van der Waals surface area (Å²) < 4.78 is 0. The molecule has 2 fully saturated rings. The Kier molecular flexibility index (Phi) is 9.08. The molecule has 0 bridgehead atoms. The summed E-state index contributed by atoms with van der Waals surface area (Å²) in [7, 11) is 0. The number of likely N-dealkylation sites (tertiary alicyclic amines) is 1. The van der Waals surface area contributed by atoms with Crippen molar-refractivity contribution in [3.63, 3.8) is 0 Å². The molecule has 10 heteroatoms. The highest BCUT2D eigenvalue weighted by atomic mass is 16.4. The van der Waals surface area contributed by atoms with Gasteiger partial charge in [-0.2, -0.15) is 0 Å². The highest BCUT2D eigenvalue weighted by molar-refractivity contribution is 5.94. The molecule has 0 unspecified atom stereocenters. The number of phenols is 1. The molecule has 35 heavy (non-hydrogen) atoms. The SMILES string of the molecule is CC(C)C[C@H](NC(=O)[C@H](Cc1ccc(O)cc1)NC(=O)[C@@H]1CCCN1C(=O)[C@@H]1CCCN1)C(=O)O. The third-order valence-electron chi connectivity index (χ3n) is 6.53. The molecule has 10 nitrogen and oxygen atoms in total. The van der Waals surface area contributed by atoms with Crippen LogP contribution in [0.15, 0.2) is 24.3 Å². The van der Waals surface area contributed by atoms with E-state index in [4.69, 9.17) is 0 Å². The summed E-state index contributed by atoms with van der Waals surface area (Å²) in [4.78, 5) is 52.6. The first-order chi connectivity index (χ1) is 16.7. The summed E-state index contributed by atoms with van der Waals surface area (Å²) in [6, 6.07) is 3.16. The van der Waals surface area contributed by atoms with Gasteiger partial charge < -0.3 is 31.1 Å². The van der Waals surface area contributed by atoms with Gasteiger partial charge in [0.05, 0.1) is 6.04 Å². The minimum Gasteiger partial charge on any atom is -0.508 e. The van der Waals surface area contributed by atoms with Crippen LogP contribution in [-0.4, -0.2) is 76.1 Å². The van der Waals surface area contributed by atoms with Crippen LogP contribution in [0, 0.1) is 5.92 Å². The molecule has 2 aliphatic heterocycles. The fourth-order valence-electron chi connectivity index (χ4n) is 4.71. The average molecular weight is 489 g/mol. The summed E-state index contributed by atoms with van der Waals surface area (Å²) in [5, 5.41) is 27.6. The molecule has 0 saturated carbocycles. The third-order valence-corrected chi connectivity index (χ3v) is 6.53. The highest BCUT2D eigenvalue weighted by Gasteiger charge is 2.39. The van der Waals surface area contributed by atoms with E-state index in [0.29, 0.717) is 24.9 Å². The Morgan fingerprint density at radius 3 is 2.37 bits per heavy atom. The normalized spacial score (nSPS) is 21.5. The molecular formula is C25H36N4O6. The highest BCUT2D eigenvalue weighted by Crippen LogP contribution is 2.21. The van der Waals surface area contributed by atoms with Crippen molar-refractivity contribution in [2.24, 2.45) is 5.92 Å². The van der Waals surface area contributed by atoms with Crippen LogP contribution in [0.2, 0.25) is 0 Å². The predicted octanol–water partition coefficient (Wildman–Crippen LogP) is 0.778. The van der Waals surface area contributed by atoms with Crippen LogP contribution >= 0.6 is 0 Å². The first kappa shape index (κ1) is 26.5. The molecule has 0 radical (unpaired) electrons. The molecule has 0 aromatic heterocycles. The Labute approximate surface area is 205 Å². The zero-order valence-corrected chi connectivity index (χ0v) is 20.3. The number of nitrogens with zero attached hydrogens (tertiary/aromatic N) is 1. The number of carboxylic acid groups (broad SMARTS) is 1. The molecule has 0 aliphatic carbocycles. The summed E-state index contributed by atoms with van der Waals surface area (Å²) >= 11 is 0. The zero-order valence-electron chi connectivity index (χ0n) is 20.3. The molecule has 1 aromatic carbocycles.